The van der Waals surface area contributed by atoms with Crippen molar-refractivity contribution in [1.29, 1.82) is 0 Å². The maximum Gasteiger partial charge on any atom is 0.125 e. The van der Waals surface area contributed by atoms with Crippen LogP contribution in [0.4, 0.5) is 0 Å². The summed E-state index contributed by atoms with van der Waals surface area (Å²) >= 11 is 6.02. The van der Waals surface area contributed by atoms with E-state index in [4.69, 9.17) is 16.3 Å². The summed E-state index contributed by atoms with van der Waals surface area (Å²) in [6.07, 6.45) is 0. The van der Waals surface area contributed by atoms with Gasteiger partial charge < -0.3 is 10.1 Å². The third kappa shape index (κ3) is 2.91. The van der Waals surface area contributed by atoms with Gasteiger partial charge in [0.25, 0.3) is 0 Å². The molecule has 0 fully saturated rings. The maximum absolute atomic E-state index is 6.02. The van der Waals surface area contributed by atoms with Crippen LogP contribution in [0.2, 0.25) is 5.02 Å². The highest BCUT2D eigenvalue weighted by atomic mass is 35.5. The van der Waals surface area contributed by atoms with Crippen LogP contribution in [0, 0.1) is 6.92 Å². The molecule has 0 bridgehead atoms. The van der Waals surface area contributed by atoms with Gasteiger partial charge in [-0.25, -0.2) is 0 Å². The molecule has 0 radical (unpaired) electrons. The zero-order valence-corrected chi connectivity index (χ0v) is 12.2. The molecule has 2 aromatic rings. The van der Waals surface area contributed by atoms with E-state index in [0.717, 1.165) is 11.3 Å². The second kappa shape index (κ2) is 6.09. The Morgan fingerprint density at radius 2 is 1.84 bits per heavy atom. The van der Waals surface area contributed by atoms with Gasteiger partial charge in [0.1, 0.15) is 5.75 Å². The van der Waals surface area contributed by atoms with Crippen LogP contribution < -0.4 is 10.1 Å². The lowest BCUT2D eigenvalue weighted by atomic mass is 9.94. The second-order valence-electron chi connectivity index (χ2n) is 4.46. The zero-order chi connectivity index (χ0) is 13.8. The molecule has 1 N–H and O–H groups in total. The Kier molecular flexibility index (Phi) is 4.46. The Labute approximate surface area is 119 Å². The highest BCUT2D eigenvalue weighted by Gasteiger charge is 2.18. The van der Waals surface area contributed by atoms with E-state index < -0.39 is 0 Å². The summed E-state index contributed by atoms with van der Waals surface area (Å²) < 4.78 is 5.45. The van der Waals surface area contributed by atoms with Crippen molar-refractivity contribution in [3.8, 4) is 5.75 Å². The van der Waals surface area contributed by atoms with Crippen molar-refractivity contribution in [1.82, 2.24) is 5.32 Å². The molecule has 0 heterocycles. The predicted molar refractivity (Wildman–Crippen MR) is 80.1 cm³/mol. The van der Waals surface area contributed by atoms with Crippen LogP contribution in [0.25, 0.3) is 0 Å². The van der Waals surface area contributed by atoms with Crippen LogP contribution in [-0.2, 0) is 0 Å². The number of hydrogen-bond donors (Lipinski definition) is 1. The molecule has 0 aliphatic carbocycles. The monoisotopic (exact) mass is 275 g/mol. The van der Waals surface area contributed by atoms with Crippen LogP contribution in [0.5, 0.6) is 5.75 Å². The maximum atomic E-state index is 6.02. The molecule has 100 valence electrons. The van der Waals surface area contributed by atoms with Crippen molar-refractivity contribution >= 4 is 11.6 Å². The topological polar surface area (TPSA) is 21.3 Å². The number of halogens is 1. The summed E-state index contributed by atoms with van der Waals surface area (Å²) in [4.78, 5) is 0. The Hall–Kier alpha value is -1.51. The van der Waals surface area contributed by atoms with E-state index in [1.807, 2.05) is 31.3 Å². The molecule has 2 aromatic carbocycles. The van der Waals surface area contributed by atoms with Crippen LogP contribution in [0.15, 0.2) is 42.5 Å². The van der Waals surface area contributed by atoms with E-state index in [9.17, 15) is 0 Å². The van der Waals surface area contributed by atoms with Gasteiger partial charge in [-0.1, -0.05) is 41.9 Å². The number of aryl methyl sites for hydroxylation is 1. The fourth-order valence-corrected chi connectivity index (χ4v) is 2.47. The number of rotatable bonds is 4. The number of methoxy groups -OCH3 is 1. The first-order chi connectivity index (χ1) is 9.17. The third-order valence-electron chi connectivity index (χ3n) is 3.29. The standard InChI is InChI=1S/C16H18ClNO/c1-11-6-4-5-7-13(11)16(18-2)14-9-8-12(17)10-15(14)19-3/h4-10,16,18H,1-3H3. The Morgan fingerprint density at radius 3 is 2.47 bits per heavy atom. The molecule has 0 saturated carbocycles. The number of benzene rings is 2. The molecule has 2 rings (SSSR count). The van der Waals surface area contributed by atoms with Crippen LogP contribution >= 0.6 is 11.6 Å². The molecule has 0 saturated heterocycles. The normalized spacial score (nSPS) is 12.2. The lowest BCUT2D eigenvalue weighted by Crippen LogP contribution is -2.19. The van der Waals surface area contributed by atoms with Crippen molar-refractivity contribution in [3.05, 3.63) is 64.2 Å². The van der Waals surface area contributed by atoms with Gasteiger partial charge in [0.2, 0.25) is 0 Å². The number of hydrogen-bond acceptors (Lipinski definition) is 2. The fraction of sp³-hybridized carbons (Fsp3) is 0.250. The minimum Gasteiger partial charge on any atom is -0.496 e. The molecule has 19 heavy (non-hydrogen) atoms. The molecular weight excluding hydrogens is 258 g/mol. The van der Waals surface area contributed by atoms with Gasteiger partial charge in [0.15, 0.2) is 0 Å². The molecule has 1 atom stereocenters. The van der Waals surface area contributed by atoms with Gasteiger partial charge in [-0.2, -0.15) is 0 Å². The van der Waals surface area contributed by atoms with Gasteiger partial charge in [0, 0.05) is 10.6 Å². The van der Waals surface area contributed by atoms with E-state index in [1.54, 1.807) is 7.11 Å². The lowest BCUT2D eigenvalue weighted by molar-refractivity contribution is 0.405. The first-order valence-corrected chi connectivity index (χ1v) is 6.61. The minimum atomic E-state index is 0.0911. The largest absolute Gasteiger partial charge is 0.496 e. The SMILES string of the molecule is CNC(c1ccccc1C)c1ccc(Cl)cc1OC. The van der Waals surface area contributed by atoms with Crippen molar-refractivity contribution in [2.75, 3.05) is 14.2 Å². The molecule has 0 aromatic heterocycles. The van der Waals surface area contributed by atoms with Crippen molar-refractivity contribution < 1.29 is 4.74 Å². The summed E-state index contributed by atoms with van der Waals surface area (Å²) in [5.74, 6) is 0.801. The van der Waals surface area contributed by atoms with Crippen molar-refractivity contribution in [3.63, 3.8) is 0 Å². The predicted octanol–water partition coefficient (Wildman–Crippen LogP) is 3.97. The molecule has 1 unspecified atom stereocenters. The number of ether oxygens (including phenoxy) is 1. The van der Waals surface area contributed by atoms with E-state index in [2.05, 4.69) is 30.4 Å². The van der Waals surface area contributed by atoms with Crippen molar-refractivity contribution in [2.24, 2.45) is 0 Å². The van der Waals surface area contributed by atoms with Gasteiger partial charge in [-0.05, 0) is 37.2 Å². The van der Waals surface area contributed by atoms with Crippen LogP contribution in [0.3, 0.4) is 0 Å². The van der Waals surface area contributed by atoms with E-state index in [1.165, 1.54) is 11.1 Å². The average Bonchev–Trinajstić information content (AvgIpc) is 2.43. The molecule has 0 aliphatic heterocycles. The summed E-state index contributed by atoms with van der Waals surface area (Å²) in [5, 5.41) is 4.03. The summed E-state index contributed by atoms with van der Waals surface area (Å²) in [6.45, 7) is 2.11. The van der Waals surface area contributed by atoms with Crippen LogP contribution in [0.1, 0.15) is 22.7 Å². The highest BCUT2D eigenvalue weighted by molar-refractivity contribution is 6.30. The van der Waals surface area contributed by atoms with Crippen LogP contribution in [-0.4, -0.2) is 14.2 Å². The average molecular weight is 276 g/mol. The smallest absolute Gasteiger partial charge is 0.125 e. The van der Waals surface area contributed by atoms with Gasteiger partial charge >= 0.3 is 0 Å². The Bertz CT molecular complexity index is 568. The minimum absolute atomic E-state index is 0.0911. The summed E-state index contributed by atoms with van der Waals surface area (Å²) in [6, 6.07) is 14.2. The summed E-state index contributed by atoms with van der Waals surface area (Å²) in [5.41, 5.74) is 3.58. The van der Waals surface area contributed by atoms with Crippen molar-refractivity contribution in [2.45, 2.75) is 13.0 Å². The molecule has 0 aliphatic rings. The molecule has 3 heteroatoms. The summed E-state index contributed by atoms with van der Waals surface area (Å²) in [7, 11) is 3.62. The first kappa shape index (κ1) is 13.9. The Balaban J connectivity index is 2.51. The first-order valence-electron chi connectivity index (χ1n) is 6.23. The fourth-order valence-electron chi connectivity index (χ4n) is 2.31. The molecular formula is C16H18ClNO. The van der Waals surface area contributed by atoms with E-state index in [0.29, 0.717) is 5.02 Å². The quantitative estimate of drug-likeness (QED) is 0.912. The zero-order valence-electron chi connectivity index (χ0n) is 11.4. The van der Waals surface area contributed by atoms with Gasteiger partial charge in [-0.15, -0.1) is 0 Å². The van der Waals surface area contributed by atoms with Gasteiger partial charge in [-0.3, -0.25) is 0 Å². The van der Waals surface area contributed by atoms with E-state index >= 15 is 0 Å². The molecule has 2 nitrogen and oxygen atoms in total. The molecule has 0 amide bonds. The third-order valence-corrected chi connectivity index (χ3v) is 3.53. The lowest BCUT2D eigenvalue weighted by Gasteiger charge is -2.21. The highest BCUT2D eigenvalue weighted by Crippen LogP contribution is 2.33. The van der Waals surface area contributed by atoms with E-state index in [-0.39, 0.29) is 6.04 Å². The number of nitrogens with one attached hydrogen (secondary N) is 1. The Morgan fingerprint density at radius 1 is 1.11 bits per heavy atom. The van der Waals surface area contributed by atoms with Gasteiger partial charge in [0.05, 0.1) is 13.2 Å². The molecule has 0 spiro atoms. The second-order valence-corrected chi connectivity index (χ2v) is 4.90.